The van der Waals surface area contributed by atoms with Gasteiger partial charge >= 0.3 is 10.1 Å². The fourth-order valence-electron chi connectivity index (χ4n) is 1.68. The van der Waals surface area contributed by atoms with Gasteiger partial charge in [-0.3, -0.25) is 10.1 Å². The van der Waals surface area contributed by atoms with Crippen LogP contribution >= 0.6 is 11.6 Å². The highest BCUT2D eigenvalue weighted by atomic mass is 35.5. The van der Waals surface area contributed by atoms with Crippen molar-refractivity contribution in [1.82, 2.24) is 0 Å². The first-order chi connectivity index (χ1) is 9.95. The average molecular weight is 328 g/mol. The lowest BCUT2D eigenvalue weighted by atomic mass is 10.2. The molecule has 0 fully saturated rings. The predicted molar refractivity (Wildman–Crippen MR) is 76.9 cm³/mol. The largest absolute Gasteiger partial charge is 0.378 e. The molecule has 2 rings (SSSR count). The Morgan fingerprint density at radius 1 is 1.10 bits per heavy atom. The Kier molecular flexibility index (Phi) is 4.44. The van der Waals surface area contributed by atoms with Gasteiger partial charge in [0, 0.05) is 11.6 Å². The summed E-state index contributed by atoms with van der Waals surface area (Å²) in [7, 11) is -4.32. The molecule has 0 aromatic heterocycles. The van der Waals surface area contributed by atoms with Gasteiger partial charge in [0.25, 0.3) is 5.69 Å². The van der Waals surface area contributed by atoms with E-state index in [-0.39, 0.29) is 11.6 Å². The Hall–Kier alpha value is -2.12. The molecule has 0 radical (unpaired) electrons. The molecule has 0 atom stereocenters. The zero-order valence-corrected chi connectivity index (χ0v) is 12.2. The Morgan fingerprint density at radius 3 is 2.38 bits per heavy atom. The van der Waals surface area contributed by atoms with Gasteiger partial charge in [-0.1, -0.05) is 30.3 Å². The van der Waals surface area contributed by atoms with E-state index >= 15 is 0 Å². The fraction of sp³-hybridized carbons (Fsp3) is 0.0769. The van der Waals surface area contributed by atoms with E-state index in [0.717, 1.165) is 12.1 Å². The monoisotopic (exact) mass is 327 g/mol. The summed E-state index contributed by atoms with van der Waals surface area (Å²) in [5, 5.41) is 10.9. The molecule has 110 valence electrons. The highest BCUT2D eigenvalue weighted by molar-refractivity contribution is 7.87. The topological polar surface area (TPSA) is 86.5 Å². The van der Waals surface area contributed by atoms with Gasteiger partial charge in [-0.05, 0) is 12.1 Å². The molecule has 0 unspecified atom stereocenters. The minimum absolute atomic E-state index is 0.0469. The van der Waals surface area contributed by atoms with Crippen LogP contribution < -0.4 is 4.18 Å². The van der Waals surface area contributed by atoms with Gasteiger partial charge in [0.2, 0.25) is 0 Å². The number of hydrogen-bond acceptors (Lipinski definition) is 5. The lowest BCUT2D eigenvalue weighted by Gasteiger charge is -2.10. The van der Waals surface area contributed by atoms with Gasteiger partial charge in [0.15, 0.2) is 4.90 Å². The normalized spacial score (nSPS) is 11.1. The molecule has 2 aromatic carbocycles. The minimum atomic E-state index is -4.32. The third-order valence-electron chi connectivity index (χ3n) is 2.65. The summed E-state index contributed by atoms with van der Waals surface area (Å²) in [6.45, 7) is 0. The van der Waals surface area contributed by atoms with Gasteiger partial charge in [0.05, 0.1) is 10.8 Å². The maximum atomic E-state index is 12.2. The third-order valence-corrected chi connectivity index (χ3v) is 4.22. The zero-order valence-electron chi connectivity index (χ0n) is 10.6. The molecule has 0 aliphatic heterocycles. The molecular weight excluding hydrogens is 318 g/mol. The Labute approximate surface area is 126 Å². The number of alkyl halides is 1. The lowest BCUT2D eigenvalue weighted by molar-refractivity contribution is -0.387. The van der Waals surface area contributed by atoms with E-state index in [1.165, 1.54) is 18.2 Å². The van der Waals surface area contributed by atoms with E-state index < -0.39 is 25.6 Å². The van der Waals surface area contributed by atoms with Crippen molar-refractivity contribution in [2.45, 2.75) is 10.8 Å². The van der Waals surface area contributed by atoms with Crippen LogP contribution in [-0.4, -0.2) is 13.3 Å². The minimum Gasteiger partial charge on any atom is -0.378 e. The van der Waals surface area contributed by atoms with Crippen LogP contribution in [0.1, 0.15) is 5.56 Å². The SMILES string of the molecule is O=[N+]([O-])c1ccccc1S(=O)(=O)Oc1ccccc1CCl. The van der Waals surface area contributed by atoms with Crippen molar-refractivity contribution in [3.8, 4) is 5.75 Å². The van der Waals surface area contributed by atoms with Crippen molar-refractivity contribution in [2.75, 3.05) is 0 Å². The number of halogens is 1. The van der Waals surface area contributed by atoms with Gasteiger partial charge in [0.1, 0.15) is 5.75 Å². The van der Waals surface area contributed by atoms with Crippen LogP contribution in [0.25, 0.3) is 0 Å². The van der Waals surface area contributed by atoms with E-state index in [1.54, 1.807) is 18.2 Å². The maximum absolute atomic E-state index is 12.2. The molecule has 0 aliphatic carbocycles. The second-order valence-electron chi connectivity index (χ2n) is 4.00. The number of hydrogen-bond donors (Lipinski definition) is 0. The highest BCUT2D eigenvalue weighted by Gasteiger charge is 2.27. The molecule has 0 saturated heterocycles. The maximum Gasteiger partial charge on any atom is 0.346 e. The molecule has 0 heterocycles. The predicted octanol–water partition coefficient (Wildman–Crippen LogP) is 3.10. The van der Waals surface area contributed by atoms with Crippen LogP contribution in [0.3, 0.4) is 0 Å². The zero-order chi connectivity index (χ0) is 15.5. The van der Waals surface area contributed by atoms with Crippen LogP contribution in [0.5, 0.6) is 5.75 Å². The number of benzene rings is 2. The molecule has 0 saturated carbocycles. The molecule has 0 bridgehead atoms. The molecule has 0 spiro atoms. The van der Waals surface area contributed by atoms with Crippen molar-refractivity contribution in [1.29, 1.82) is 0 Å². The Bertz CT molecular complexity index is 776. The molecule has 6 nitrogen and oxygen atoms in total. The summed E-state index contributed by atoms with van der Waals surface area (Å²) in [5.74, 6) is 0.105. The van der Waals surface area contributed by atoms with Crippen LogP contribution in [0.2, 0.25) is 0 Å². The van der Waals surface area contributed by atoms with Crippen molar-refractivity contribution in [3.63, 3.8) is 0 Å². The fourth-order valence-corrected chi connectivity index (χ4v) is 3.03. The number of nitro benzene ring substituents is 1. The Morgan fingerprint density at radius 2 is 1.71 bits per heavy atom. The van der Waals surface area contributed by atoms with E-state index in [9.17, 15) is 18.5 Å². The summed E-state index contributed by atoms with van der Waals surface area (Å²) in [6.07, 6.45) is 0. The van der Waals surface area contributed by atoms with E-state index in [2.05, 4.69) is 0 Å². The van der Waals surface area contributed by atoms with Gasteiger partial charge in [-0.15, -0.1) is 11.6 Å². The summed E-state index contributed by atoms with van der Waals surface area (Å²) >= 11 is 5.71. The second-order valence-corrected chi connectivity index (χ2v) is 5.79. The first-order valence-electron chi connectivity index (χ1n) is 5.77. The van der Waals surface area contributed by atoms with E-state index in [0.29, 0.717) is 5.56 Å². The molecule has 8 heteroatoms. The quantitative estimate of drug-likeness (QED) is 0.364. The standard InChI is InChI=1S/C13H10ClNO5S/c14-9-10-5-1-3-7-12(10)20-21(18,19)13-8-4-2-6-11(13)15(16)17/h1-8H,9H2. The number of nitro groups is 1. The van der Waals surface area contributed by atoms with Gasteiger partial charge in [-0.2, -0.15) is 8.42 Å². The van der Waals surface area contributed by atoms with Crippen molar-refractivity contribution in [2.24, 2.45) is 0 Å². The number of rotatable bonds is 5. The van der Waals surface area contributed by atoms with Gasteiger partial charge < -0.3 is 4.18 Å². The Balaban J connectivity index is 2.46. The van der Waals surface area contributed by atoms with Gasteiger partial charge in [-0.25, -0.2) is 0 Å². The van der Waals surface area contributed by atoms with Crippen molar-refractivity contribution in [3.05, 3.63) is 64.2 Å². The molecule has 0 aliphatic rings. The average Bonchev–Trinajstić information content (AvgIpc) is 2.47. The summed E-state index contributed by atoms with van der Waals surface area (Å²) in [4.78, 5) is 9.63. The molecule has 0 N–H and O–H groups in total. The first-order valence-corrected chi connectivity index (χ1v) is 7.72. The van der Waals surface area contributed by atoms with Crippen LogP contribution in [0.4, 0.5) is 5.69 Å². The lowest BCUT2D eigenvalue weighted by Crippen LogP contribution is -2.12. The molecule has 2 aromatic rings. The summed E-state index contributed by atoms with van der Waals surface area (Å²) in [5.41, 5.74) is -0.0674. The highest BCUT2D eigenvalue weighted by Crippen LogP contribution is 2.28. The van der Waals surface area contributed by atoms with Crippen molar-refractivity contribution < 1.29 is 17.5 Å². The van der Waals surface area contributed by atoms with Crippen LogP contribution in [0, 0.1) is 10.1 Å². The number of nitrogens with zero attached hydrogens (tertiary/aromatic N) is 1. The molecular formula is C13H10ClNO5S. The molecule has 0 amide bonds. The first kappa shape index (κ1) is 15.3. The molecule has 21 heavy (non-hydrogen) atoms. The van der Waals surface area contributed by atoms with E-state index in [1.807, 2.05) is 0 Å². The smallest absolute Gasteiger partial charge is 0.346 e. The second kappa shape index (κ2) is 6.11. The van der Waals surface area contributed by atoms with Crippen LogP contribution in [-0.2, 0) is 16.0 Å². The summed E-state index contributed by atoms with van der Waals surface area (Å²) < 4.78 is 29.4. The number of para-hydroxylation sites is 2. The van der Waals surface area contributed by atoms with Crippen molar-refractivity contribution >= 4 is 27.4 Å². The summed E-state index contributed by atoms with van der Waals surface area (Å²) in [6, 6.07) is 11.3. The third kappa shape index (κ3) is 3.32. The van der Waals surface area contributed by atoms with Crippen LogP contribution in [0.15, 0.2) is 53.4 Å². The van der Waals surface area contributed by atoms with E-state index in [4.69, 9.17) is 15.8 Å².